The van der Waals surface area contributed by atoms with Gasteiger partial charge in [-0.25, -0.2) is 0 Å². The third-order valence-corrected chi connectivity index (χ3v) is 11.1. The SMILES string of the molecule is CC.CC.CC(C(=O)O)C(C)(C)CC1CCC2C3CCC4CCCCC4(C)C3CCC12C. The summed E-state index contributed by atoms with van der Waals surface area (Å²) in [4.78, 5) is 11.6. The van der Waals surface area contributed by atoms with Gasteiger partial charge in [0.25, 0.3) is 0 Å². The van der Waals surface area contributed by atoms with E-state index in [1.54, 1.807) is 0 Å². The van der Waals surface area contributed by atoms with E-state index in [1.165, 1.54) is 64.2 Å². The van der Waals surface area contributed by atoms with Crippen molar-refractivity contribution < 1.29 is 9.90 Å². The van der Waals surface area contributed by atoms with Gasteiger partial charge in [0.2, 0.25) is 0 Å². The van der Waals surface area contributed by atoms with Gasteiger partial charge in [-0.3, -0.25) is 4.79 Å². The van der Waals surface area contributed by atoms with Gasteiger partial charge in [0.05, 0.1) is 5.92 Å². The van der Waals surface area contributed by atoms with Crippen molar-refractivity contribution in [2.24, 2.45) is 51.8 Å². The Morgan fingerprint density at radius 1 is 0.875 bits per heavy atom. The highest BCUT2D eigenvalue weighted by molar-refractivity contribution is 5.70. The van der Waals surface area contributed by atoms with Gasteiger partial charge in [0.1, 0.15) is 0 Å². The Morgan fingerprint density at radius 2 is 1.50 bits per heavy atom. The molecule has 0 aliphatic heterocycles. The van der Waals surface area contributed by atoms with Crippen molar-refractivity contribution >= 4 is 5.97 Å². The van der Waals surface area contributed by atoms with Crippen LogP contribution < -0.4 is 0 Å². The molecule has 32 heavy (non-hydrogen) atoms. The molecule has 188 valence electrons. The minimum atomic E-state index is -0.628. The molecule has 1 N–H and O–H groups in total. The lowest BCUT2D eigenvalue weighted by Gasteiger charge is -2.60. The molecule has 2 heteroatoms. The van der Waals surface area contributed by atoms with Crippen LogP contribution in [0.25, 0.3) is 0 Å². The third-order valence-electron chi connectivity index (χ3n) is 11.1. The second-order valence-electron chi connectivity index (χ2n) is 12.5. The van der Waals surface area contributed by atoms with E-state index in [0.717, 1.165) is 30.1 Å². The maximum atomic E-state index is 11.6. The predicted octanol–water partition coefficient (Wildman–Crippen LogP) is 9.22. The maximum Gasteiger partial charge on any atom is 0.306 e. The molecule has 0 aromatic rings. The molecule has 4 fully saturated rings. The Hall–Kier alpha value is -0.530. The number of carboxylic acids is 1. The zero-order valence-corrected chi connectivity index (χ0v) is 23.1. The number of hydrogen-bond acceptors (Lipinski definition) is 1. The third kappa shape index (κ3) is 4.81. The van der Waals surface area contributed by atoms with E-state index in [0.29, 0.717) is 16.7 Å². The van der Waals surface area contributed by atoms with Crippen molar-refractivity contribution in [1.29, 1.82) is 0 Å². The van der Waals surface area contributed by atoms with Crippen LogP contribution in [-0.2, 0) is 4.79 Å². The smallest absolute Gasteiger partial charge is 0.306 e. The first-order valence-electron chi connectivity index (χ1n) is 14.3. The average Bonchev–Trinajstić information content (AvgIpc) is 3.11. The van der Waals surface area contributed by atoms with Gasteiger partial charge in [-0.2, -0.15) is 0 Å². The summed E-state index contributed by atoms with van der Waals surface area (Å²) in [6.45, 7) is 19.6. The van der Waals surface area contributed by atoms with Crippen molar-refractivity contribution in [3.63, 3.8) is 0 Å². The van der Waals surface area contributed by atoms with Crippen LogP contribution >= 0.6 is 0 Å². The molecule has 0 spiro atoms. The summed E-state index contributed by atoms with van der Waals surface area (Å²) in [5.41, 5.74) is 0.963. The Balaban J connectivity index is 0.000000860. The van der Waals surface area contributed by atoms with Gasteiger partial charge >= 0.3 is 5.97 Å². The Bertz CT molecular complexity index is 610. The molecular formula is C30H56O2. The van der Waals surface area contributed by atoms with Crippen LogP contribution in [0.3, 0.4) is 0 Å². The average molecular weight is 449 g/mol. The van der Waals surface area contributed by atoms with E-state index < -0.39 is 5.97 Å². The summed E-state index contributed by atoms with van der Waals surface area (Å²) in [7, 11) is 0. The maximum absolute atomic E-state index is 11.6. The molecule has 0 amide bonds. The number of fused-ring (bicyclic) bond motifs is 5. The molecule has 4 aliphatic carbocycles. The van der Waals surface area contributed by atoms with E-state index in [-0.39, 0.29) is 11.3 Å². The van der Waals surface area contributed by atoms with Crippen LogP contribution in [0.5, 0.6) is 0 Å². The highest BCUT2D eigenvalue weighted by Crippen LogP contribution is 2.68. The lowest BCUT2D eigenvalue weighted by atomic mass is 9.44. The molecule has 8 atom stereocenters. The van der Waals surface area contributed by atoms with Gasteiger partial charge < -0.3 is 5.11 Å². The second-order valence-corrected chi connectivity index (χ2v) is 12.5. The summed E-state index contributed by atoms with van der Waals surface area (Å²) >= 11 is 0. The molecule has 0 heterocycles. The fourth-order valence-corrected chi connectivity index (χ4v) is 8.89. The fraction of sp³-hybridized carbons (Fsp3) is 0.967. The van der Waals surface area contributed by atoms with Crippen LogP contribution in [0.2, 0.25) is 0 Å². The highest BCUT2D eigenvalue weighted by Gasteiger charge is 2.60. The van der Waals surface area contributed by atoms with Gasteiger partial charge in [0.15, 0.2) is 0 Å². The Kier molecular flexibility index (Phi) is 9.36. The van der Waals surface area contributed by atoms with E-state index in [9.17, 15) is 9.90 Å². The van der Waals surface area contributed by atoms with Gasteiger partial charge in [-0.05, 0) is 104 Å². The molecule has 0 saturated heterocycles. The van der Waals surface area contributed by atoms with E-state index in [4.69, 9.17) is 0 Å². The number of aliphatic carboxylic acids is 1. The topological polar surface area (TPSA) is 37.3 Å². The number of rotatable bonds is 4. The van der Waals surface area contributed by atoms with Crippen LogP contribution in [0.4, 0.5) is 0 Å². The summed E-state index contributed by atoms with van der Waals surface area (Å²) in [5.74, 6) is 3.64. The molecule has 4 aliphatic rings. The van der Waals surface area contributed by atoms with Crippen LogP contribution in [0, 0.1) is 51.8 Å². The quantitative estimate of drug-likeness (QED) is 0.465. The molecule has 2 nitrogen and oxygen atoms in total. The predicted molar refractivity (Wildman–Crippen MR) is 138 cm³/mol. The first-order chi connectivity index (χ1) is 15.1. The summed E-state index contributed by atoms with van der Waals surface area (Å²) in [5, 5.41) is 9.58. The monoisotopic (exact) mass is 448 g/mol. The molecule has 4 rings (SSSR count). The minimum absolute atomic E-state index is 0.113. The normalized spacial score (nSPS) is 41.5. The Morgan fingerprint density at radius 3 is 2.12 bits per heavy atom. The van der Waals surface area contributed by atoms with Crippen LogP contribution in [-0.4, -0.2) is 11.1 Å². The number of hydrogen-bond donors (Lipinski definition) is 1. The molecule has 0 radical (unpaired) electrons. The minimum Gasteiger partial charge on any atom is -0.481 e. The van der Waals surface area contributed by atoms with Crippen molar-refractivity contribution in [3.8, 4) is 0 Å². The Labute approximate surface area is 200 Å². The largest absolute Gasteiger partial charge is 0.481 e. The molecule has 8 unspecified atom stereocenters. The van der Waals surface area contributed by atoms with Crippen LogP contribution in [0.1, 0.15) is 133 Å². The zero-order valence-electron chi connectivity index (χ0n) is 23.1. The molecule has 0 aromatic carbocycles. The van der Waals surface area contributed by atoms with Crippen molar-refractivity contribution in [2.75, 3.05) is 0 Å². The highest BCUT2D eigenvalue weighted by atomic mass is 16.4. The van der Waals surface area contributed by atoms with Crippen molar-refractivity contribution in [3.05, 3.63) is 0 Å². The zero-order chi connectivity index (χ0) is 24.3. The summed E-state index contributed by atoms with van der Waals surface area (Å²) < 4.78 is 0. The first-order valence-corrected chi connectivity index (χ1v) is 14.3. The molecule has 4 saturated carbocycles. The van der Waals surface area contributed by atoms with Crippen LogP contribution in [0.15, 0.2) is 0 Å². The van der Waals surface area contributed by atoms with Gasteiger partial charge in [-0.15, -0.1) is 0 Å². The second kappa shape index (κ2) is 10.8. The first kappa shape index (κ1) is 27.7. The van der Waals surface area contributed by atoms with Crippen molar-refractivity contribution in [2.45, 2.75) is 133 Å². The van der Waals surface area contributed by atoms with E-state index >= 15 is 0 Å². The number of carboxylic acid groups (broad SMARTS) is 1. The summed E-state index contributed by atoms with van der Waals surface area (Å²) in [6.07, 6.45) is 15.5. The lowest BCUT2D eigenvalue weighted by molar-refractivity contribution is -0.146. The number of carbonyl (C=O) groups is 1. The molecule has 0 bridgehead atoms. The standard InChI is InChI=1S/C26H44O2.2C2H6/c1-17(23(27)28)24(2,3)16-19-10-12-21-20-11-9-18-8-6-7-14-25(18,4)22(20)13-15-26(19,21)5;2*1-2/h17-22H,6-16H2,1-5H3,(H,27,28);2*1-2H3. The summed E-state index contributed by atoms with van der Waals surface area (Å²) in [6, 6.07) is 0. The van der Waals surface area contributed by atoms with E-state index in [2.05, 4.69) is 27.7 Å². The van der Waals surface area contributed by atoms with Gasteiger partial charge in [-0.1, -0.05) is 75.2 Å². The molecule has 0 aromatic heterocycles. The van der Waals surface area contributed by atoms with Gasteiger partial charge in [0, 0.05) is 0 Å². The van der Waals surface area contributed by atoms with E-state index in [1.807, 2.05) is 34.6 Å². The lowest BCUT2D eigenvalue weighted by Crippen LogP contribution is -2.53. The molecular weight excluding hydrogens is 392 g/mol. The van der Waals surface area contributed by atoms with Crippen molar-refractivity contribution in [1.82, 2.24) is 0 Å². The fourth-order valence-electron chi connectivity index (χ4n) is 8.89.